The summed E-state index contributed by atoms with van der Waals surface area (Å²) in [4.78, 5) is 8.66. The zero-order chi connectivity index (χ0) is 15.1. The monoisotopic (exact) mass is 287 g/mol. The van der Waals surface area contributed by atoms with Crippen molar-refractivity contribution < 1.29 is 4.39 Å². The fraction of sp³-hybridized carbons (Fsp3) is 0.412. The van der Waals surface area contributed by atoms with Gasteiger partial charge in [0.2, 0.25) is 0 Å². The summed E-state index contributed by atoms with van der Waals surface area (Å²) in [6, 6.07) is 7.01. The molecule has 2 aromatic heterocycles. The summed E-state index contributed by atoms with van der Waals surface area (Å²) < 4.78 is 14.0. The Morgan fingerprint density at radius 2 is 2.05 bits per heavy atom. The van der Waals surface area contributed by atoms with E-state index in [2.05, 4.69) is 35.2 Å². The zero-order valence-electron chi connectivity index (χ0n) is 12.6. The largest absolute Gasteiger partial charge is 0.308 e. The summed E-state index contributed by atoms with van der Waals surface area (Å²) in [5.41, 5.74) is 2.62. The Hall–Kier alpha value is -1.81. The second-order valence-electron chi connectivity index (χ2n) is 5.09. The van der Waals surface area contributed by atoms with Crippen LogP contribution in [0.25, 0.3) is 0 Å². The Morgan fingerprint density at radius 3 is 2.67 bits per heavy atom. The molecule has 0 bridgehead atoms. The third-order valence-corrected chi connectivity index (χ3v) is 3.47. The molecule has 0 spiro atoms. The fourth-order valence-corrected chi connectivity index (χ4v) is 2.23. The highest BCUT2D eigenvalue weighted by atomic mass is 19.1. The first-order valence-electron chi connectivity index (χ1n) is 7.52. The lowest BCUT2D eigenvalue weighted by Gasteiger charge is -2.18. The van der Waals surface area contributed by atoms with Crippen molar-refractivity contribution in [1.29, 1.82) is 0 Å². The highest BCUT2D eigenvalue weighted by molar-refractivity contribution is 5.18. The van der Waals surface area contributed by atoms with Crippen LogP contribution in [0.15, 0.2) is 36.7 Å². The maximum atomic E-state index is 14.0. The van der Waals surface area contributed by atoms with Crippen molar-refractivity contribution in [3.63, 3.8) is 0 Å². The first-order chi connectivity index (χ1) is 10.2. The Labute approximate surface area is 125 Å². The molecule has 112 valence electrons. The zero-order valence-corrected chi connectivity index (χ0v) is 12.6. The molecule has 2 aromatic rings. The third-order valence-electron chi connectivity index (χ3n) is 3.47. The molecule has 0 radical (unpaired) electrons. The summed E-state index contributed by atoms with van der Waals surface area (Å²) in [5.74, 6) is -0.267. The van der Waals surface area contributed by atoms with Crippen molar-refractivity contribution in [3.05, 3.63) is 59.4 Å². The molecule has 0 fully saturated rings. The van der Waals surface area contributed by atoms with Crippen LogP contribution >= 0.6 is 0 Å². The van der Waals surface area contributed by atoms with Crippen LogP contribution in [0.1, 0.15) is 43.3 Å². The molecular formula is C17H22FN3. The van der Waals surface area contributed by atoms with E-state index in [0.717, 1.165) is 25.1 Å². The molecule has 1 unspecified atom stereocenters. The Bertz CT molecular complexity index is 554. The standard InChI is InChI=1S/C17H22FN3/c1-3-9-19-16(17-15(18)6-5-10-20-17)11-14-8-7-13(4-2)12-21-14/h5-8,10,12,16,19H,3-4,9,11H2,1-2H3. The normalized spacial score (nSPS) is 12.3. The van der Waals surface area contributed by atoms with Crippen LogP contribution in [0.5, 0.6) is 0 Å². The number of nitrogens with zero attached hydrogens (tertiary/aromatic N) is 2. The van der Waals surface area contributed by atoms with Gasteiger partial charge in [-0.25, -0.2) is 4.39 Å². The van der Waals surface area contributed by atoms with Crippen molar-refractivity contribution >= 4 is 0 Å². The van der Waals surface area contributed by atoms with Crippen LogP contribution in [-0.4, -0.2) is 16.5 Å². The smallest absolute Gasteiger partial charge is 0.146 e. The summed E-state index contributed by atoms with van der Waals surface area (Å²) >= 11 is 0. The molecule has 1 N–H and O–H groups in total. The molecule has 0 aliphatic rings. The maximum absolute atomic E-state index is 14.0. The predicted molar refractivity (Wildman–Crippen MR) is 82.5 cm³/mol. The lowest BCUT2D eigenvalue weighted by molar-refractivity contribution is 0.479. The van der Waals surface area contributed by atoms with Gasteiger partial charge in [0.15, 0.2) is 0 Å². The summed E-state index contributed by atoms with van der Waals surface area (Å²) in [5, 5.41) is 3.36. The number of pyridine rings is 2. The number of hydrogen-bond donors (Lipinski definition) is 1. The van der Waals surface area contributed by atoms with E-state index in [1.807, 2.05) is 12.3 Å². The van der Waals surface area contributed by atoms with Crippen LogP contribution in [-0.2, 0) is 12.8 Å². The molecule has 4 heteroatoms. The fourth-order valence-electron chi connectivity index (χ4n) is 2.23. The van der Waals surface area contributed by atoms with E-state index in [1.165, 1.54) is 11.6 Å². The van der Waals surface area contributed by atoms with E-state index in [-0.39, 0.29) is 11.9 Å². The lowest BCUT2D eigenvalue weighted by atomic mass is 10.1. The average Bonchev–Trinajstić information content (AvgIpc) is 2.53. The minimum absolute atomic E-state index is 0.147. The van der Waals surface area contributed by atoms with Gasteiger partial charge in [-0.2, -0.15) is 0 Å². The van der Waals surface area contributed by atoms with Gasteiger partial charge in [-0.05, 0) is 43.1 Å². The second-order valence-corrected chi connectivity index (χ2v) is 5.09. The lowest BCUT2D eigenvalue weighted by Crippen LogP contribution is -2.26. The van der Waals surface area contributed by atoms with Gasteiger partial charge in [0.25, 0.3) is 0 Å². The Balaban J connectivity index is 2.17. The van der Waals surface area contributed by atoms with Crippen LogP contribution in [0, 0.1) is 5.82 Å². The van der Waals surface area contributed by atoms with Gasteiger partial charge in [-0.3, -0.25) is 9.97 Å². The highest BCUT2D eigenvalue weighted by Gasteiger charge is 2.17. The number of nitrogens with one attached hydrogen (secondary N) is 1. The highest BCUT2D eigenvalue weighted by Crippen LogP contribution is 2.18. The van der Waals surface area contributed by atoms with Crippen LogP contribution in [0.2, 0.25) is 0 Å². The van der Waals surface area contributed by atoms with E-state index in [9.17, 15) is 4.39 Å². The van der Waals surface area contributed by atoms with Gasteiger partial charge in [0.1, 0.15) is 5.82 Å². The Morgan fingerprint density at radius 1 is 1.19 bits per heavy atom. The molecule has 3 nitrogen and oxygen atoms in total. The number of rotatable bonds is 7. The summed E-state index contributed by atoms with van der Waals surface area (Å²) in [6.07, 6.45) is 6.12. The van der Waals surface area contributed by atoms with Crippen molar-refractivity contribution in [3.8, 4) is 0 Å². The van der Waals surface area contributed by atoms with Gasteiger partial charge in [0.05, 0.1) is 11.7 Å². The Kier molecular flexibility index (Phi) is 5.81. The molecule has 0 saturated carbocycles. The molecule has 0 saturated heterocycles. The quantitative estimate of drug-likeness (QED) is 0.847. The van der Waals surface area contributed by atoms with Crippen LogP contribution in [0.4, 0.5) is 4.39 Å². The second kappa shape index (κ2) is 7.84. The van der Waals surface area contributed by atoms with Gasteiger partial charge in [-0.1, -0.05) is 19.9 Å². The van der Waals surface area contributed by atoms with E-state index in [4.69, 9.17) is 0 Å². The first kappa shape index (κ1) is 15.6. The number of halogens is 1. The summed E-state index contributed by atoms with van der Waals surface area (Å²) in [6.45, 7) is 5.02. The molecule has 21 heavy (non-hydrogen) atoms. The third kappa shape index (κ3) is 4.33. The summed E-state index contributed by atoms with van der Waals surface area (Å²) in [7, 11) is 0. The van der Waals surface area contributed by atoms with Gasteiger partial charge in [0, 0.05) is 24.5 Å². The molecule has 2 heterocycles. The maximum Gasteiger partial charge on any atom is 0.146 e. The van der Waals surface area contributed by atoms with E-state index in [1.54, 1.807) is 12.3 Å². The molecule has 0 aliphatic heterocycles. The SMILES string of the molecule is CCCNC(Cc1ccc(CC)cn1)c1ncccc1F. The molecular weight excluding hydrogens is 265 g/mol. The van der Waals surface area contributed by atoms with Crippen LogP contribution in [0.3, 0.4) is 0 Å². The van der Waals surface area contributed by atoms with Gasteiger partial charge >= 0.3 is 0 Å². The number of hydrogen-bond acceptors (Lipinski definition) is 3. The van der Waals surface area contributed by atoms with E-state index in [0.29, 0.717) is 12.1 Å². The molecule has 1 atom stereocenters. The van der Waals surface area contributed by atoms with Crippen molar-refractivity contribution in [1.82, 2.24) is 15.3 Å². The molecule has 0 amide bonds. The molecule has 0 aromatic carbocycles. The minimum Gasteiger partial charge on any atom is -0.308 e. The number of aryl methyl sites for hydroxylation is 1. The van der Waals surface area contributed by atoms with Crippen LogP contribution < -0.4 is 5.32 Å². The number of aromatic nitrogens is 2. The first-order valence-corrected chi connectivity index (χ1v) is 7.52. The predicted octanol–water partition coefficient (Wildman–Crippen LogP) is 3.46. The topological polar surface area (TPSA) is 37.8 Å². The van der Waals surface area contributed by atoms with Crippen molar-refractivity contribution in [2.45, 2.75) is 39.2 Å². The van der Waals surface area contributed by atoms with Crippen molar-refractivity contribution in [2.24, 2.45) is 0 Å². The average molecular weight is 287 g/mol. The minimum atomic E-state index is -0.267. The van der Waals surface area contributed by atoms with Gasteiger partial charge < -0.3 is 5.32 Å². The molecule has 0 aliphatic carbocycles. The van der Waals surface area contributed by atoms with Gasteiger partial charge in [-0.15, -0.1) is 0 Å². The van der Waals surface area contributed by atoms with E-state index >= 15 is 0 Å². The van der Waals surface area contributed by atoms with Crippen molar-refractivity contribution in [2.75, 3.05) is 6.54 Å². The molecule has 2 rings (SSSR count). The van der Waals surface area contributed by atoms with E-state index < -0.39 is 0 Å².